The van der Waals surface area contributed by atoms with E-state index in [0.29, 0.717) is 18.6 Å². The number of benzene rings is 1. The fourth-order valence-corrected chi connectivity index (χ4v) is 1.15. The third kappa shape index (κ3) is 4.25. The maximum Gasteiger partial charge on any atom is 0.329 e. The third-order valence-electron chi connectivity index (χ3n) is 1.82. The fraction of sp³-hybridized carbons (Fsp3) is 0.273. The molecule has 0 aliphatic rings. The SMILES string of the molecule is N#Cc1cccc(CCOCC(=O)O)c1. The monoisotopic (exact) mass is 205 g/mol. The van der Waals surface area contributed by atoms with Crippen molar-refractivity contribution in [3.05, 3.63) is 35.4 Å². The van der Waals surface area contributed by atoms with E-state index in [1.165, 1.54) is 0 Å². The number of carboxylic acid groups (broad SMARTS) is 1. The summed E-state index contributed by atoms with van der Waals surface area (Å²) in [5.74, 6) is -0.972. The number of carbonyl (C=O) groups is 1. The van der Waals surface area contributed by atoms with Crippen LogP contribution in [0.5, 0.6) is 0 Å². The van der Waals surface area contributed by atoms with Gasteiger partial charge < -0.3 is 9.84 Å². The molecule has 4 heteroatoms. The van der Waals surface area contributed by atoms with Gasteiger partial charge in [-0.3, -0.25) is 0 Å². The summed E-state index contributed by atoms with van der Waals surface area (Å²) in [4.78, 5) is 10.1. The van der Waals surface area contributed by atoms with Gasteiger partial charge >= 0.3 is 5.97 Å². The van der Waals surface area contributed by atoms with Crippen LogP contribution in [0.25, 0.3) is 0 Å². The molecule has 78 valence electrons. The van der Waals surface area contributed by atoms with Gasteiger partial charge in [-0.1, -0.05) is 12.1 Å². The standard InChI is InChI=1S/C11H11NO3/c12-7-10-3-1-2-9(6-10)4-5-15-8-11(13)14/h1-3,6H,4-5,8H2,(H,13,14). The largest absolute Gasteiger partial charge is 0.480 e. The summed E-state index contributed by atoms with van der Waals surface area (Å²) in [6, 6.07) is 9.21. The number of nitriles is 1. The molecular weight excluding hydrogens is 194 g/mol. The van der Waals surface area contributed by atoms with Crippen molar-refractivity contribution in [2.45, 2.75) is 6.42 Å². The molecule has 0 heterocycles. The summed E-state index contributed by atoms with van der Waals surface area (Å²) >= 11 is 0. The zero-order valence-electron chi connectivity index (χ0n) is 8.14. The van der Waals surface area contributed by atoms with Gasteiger partial charge in [0.15, 0.2) is 0 Å². The molecular formula is C11H11NO3. The Morgan fingerprint density at radius 1 is 1.53 bits per heavy atom. The van der Waals surface area contributed by atoms with Gasteiger partial charge in [0.2, 0.25) is 0 Å². The Kier molecular flexibility index (Phi) is 4.32. The van der Waals surface area contributed by atoms with E-state index >= 15 is 0 Å². The molecule has 4 nitrogen and oxygen atoms in total. The topological polar surface area (TPSA) is 70.3 Å². The Morgan fingerprint density at radius 3 is 3.00 bits per heavy atom. The molecule has 0 spiro atoms. The number of hydrogen-bond donors (Lipinski definition) is 1. The number of hydrogen-bond acceptors (Lipinski definition) is 3. The van der Waals surface area contributed by atoms with E-state index in [9.17, 15) is 4.79 Å². The van der Waals surface area contributed by atoms with Crippen molar-refractivity contribution >= 4 is 5.97 Å². The highest BCUT2D eigenvalue weighted by Gasteiger charge is 1.98. The first kappa shape index (κ1) is 11.2. The highest BCUT2D eigenvalue weighted by Crippen LogP contribution is 2.04. The van der Waals surface area contributed by atoms with Crippen molar-refractivity contribution in [3.8, 4) is 6.07 Å². The molecule has 0 aliphatic carbocycles. The van der Waals surface area contributed by atoms with Crippen LogP contribution >= 0.6 is 0 Å². The van der Waals surface area contributed by atoms with E-state index < -0.39 is 5.97 Å². The zero-order valence-corrected chi connectivity index (χ0v) is 8.14. The fourth-order valence-electron chi connectivity index (χ4n) is 1.15. The normalized spacial score (nSPS) is 9.53. The van der Waals surface area contributed by atoms with Crippen molar-refractivity contribution in [3.63, 3.8) is 0 Å². The lowest BCUT2D eigenvalue weighted by Crippen LogP contribution is -2.09. The Morgan fingerprint density at radius 2 is 2.33 bits per heavy atom. The van der Waals surface area contributed by atoms with Crippen LogP contribution in [-0.2, 0) is 16.0 Å². The van der Waals surface area contributed by atoms with Crippen molar-refractivity contribution in [1.29, 1.82) is 5.26 Å². The van der Waals surface area contributed by atoms with Gasteiger partial charge in [-0.05, 0) is 24.1 Å². The van der Waals surface area contributed by atoms with E-state index in [-0.39, 0.29) is 6.61 Å². The minimum absolute atomic E-state index is 0.280. The minimum Gasteiger partial charge on any atom is -0.480 e. The van der Waals surface area contributed by atoms with Gasteiger partial charge in [0, 0.05) is 0 Å². The van der Waals surface area contributed by atoms with Crippen LogP contribution in [0.15, 0.2) is 24.3 Å². The van der Waals surface area contributed by atoms with Crippen LogP contribution < -0.4 is 0 Å². The van der Waals surface area contributed by atoms with E-state index in [1.54, 1.807) is 18.2 Å². The van der Waals surface area contributed by atoms with Crippen molar-refractivity contribution < 1.29 is 14.6 Å². The molecule has 0 fully saturated rings. The average Bonchev–Trinajstić information content (AvgIpc) is 2.24. The quantitative estimate of drug-likeness (QED) is 0.733. The van der Waals surface area contributed by atoms with E-state index in [4.69, 9.17) is 15.1 Å². The lowest BCUT2D eigenvalue weighted by molar-refractivity contribution is -0.142. The smallest absolute Gasteiger partial charge is 0.329 e. The Hall–Kier alpha value is -1.86. The van der Waals surface area contributed by atoms with Crippen LogP contribution in [-0.4, -0.2) is 24.3 Å². The van der Waals surface area contributed by atoms with Crippen molar-refractivity contribution in [1.82, 2.24) is 0 Å². The van der Waals surface area contributed by atoms with Crippen LogP contribution in [0, 0.1) is 11.3 Å². The number of nitrogens with zero attached hydrogens (tertiary/aromatic N) is 1. The third-order valence-corrected chi connectivity index (χ3v) is 1.82. The second kappa shape index (κ2) is 5.78. The van der Waals surface area contributed by atoms with Crippen LogP contribution in [0.4, 0.5) is 0 Å². The van der Waals surface area contributed by atoms with Gasteiger partial charge in [0.25, 0.3) is 0 Å². The molecule has 0 amide bonds. The molecule has 1 aromatic carbocycles. The van der Waals surface area contributed by atoms with Gasteiger partial charge in [-0.15, -0.1) is 0 Å². The Labute approximate surface area is 87.7 Å². The summed E-state index contributed by atoms with van der Waals surface area (Å²) in [7, 11) is 0. The van der Waals surface area contributed by atoms with Crippen LogP contribution in [0.2, 0.25) is 0 Å². The summed E-state index contributed by atoms with van der Waals surface area (Å²) in [5.41, 5.74) is 1.57. The molecule has 1 aromatic rings. The molecule has 1 rings (SSSR count). The second-order valence-electron chi connectivity index (χ2n) is 3.01. The minimum atomic E-state index is -0.972. The summed E-state index contributed by atoms with van der Waals surface area (Å²) in [6.45, 7) is 0.0686. The highest BCUT2D eigenvalue weighted by molar-refractivity contribution is 5.67. The molecule has 0 bridgehead atoms. The Bertz CT molecular complexity index is 382. The Balaban J connectivity index is 2.38. The van der Waals surface area contributed by atoms with Gasteiger partial charge in [0.05, 0.1) is 18.2 Å². The average molecular weight is 205 g/mol. The number of aliphatic carboxylic acids is 1. The maximum absolute atomic E-state index is 10.1. The van der Waals surface area contributed by atoms with E-state index in [2.05, 4.69) is 0 Å². The first-order chi connectivity index (χ1) is 7.22. The predicted molar refractivity (Wildman–Crippen MR) is 53.3 cm³/mol. The van der Waals surface area contributed by atoms with Crippen LogP contribution in [0.1, 0.15) is 11.1 Å². The summed E-state index contributed by atoms with van der Waals surface area (Å²) in [6.07, 6.45) is 0.614. The van der Waals surface area contributed by atoms with Gasteiger partial charge in [0.1, 0.15) is 6.61 Å². The molecule has 0 saturated carbocycles. The molecule has 0 unspecified atom stereocenters. The number of ether oxygens (including phenoxy) is 1. The molecule has 0 aliphatic heterocycles. The van der Waals surface area contributed by atoms with E-state index in [1.807, 2.05) is 12.1 Å². The molecule has 15 heavy (non-hydrogen) atoms. The first-order valence-electron chi connectivity index (χ1n) is 4.51. The lowest BCUT2D eigenvalue weighted by atomic mass is 10.1. The van der Waals surface area contributed by atoms with Crippen molar-refractivity contribution in [2.75, 3.05) is 13.2 Å². The molecule has 1 N–H and O–H groups in total. The van der Waals surface area contributed by atoms with Crippen molar-refractivity contribution in [2.24, 2.45) is 0 Å². The molecule has 0 aromatic heterocycles. The zero-order chi connectivity index (χ0) is 11.1. The van der Waals surface area contributed by atoms with Gasteiger partial charge in [-0.2, -0.15) is 5.26 Å². The molecule has 0 atom stereocenters. The number of carboxylic acids is 1. The maximum atomic E-state index is 10.1. The lowest BCUT2D eigenvalue weighted by Gasteiger charge is -2.01. The van der Waals surface area contributed by atoms with Gasteiger partial charge in [-0.25, -0.2) is 4.79 Å². The second-order valence-corrected chi connectivity index (χ2v) is 3.01. The predicted octanol–water partition coefficient (Wildman–Crippen LogP) is 1.20. The molecule has 0 radical (unpaired) electrons. The van der Waals surface area contributed by atoms with E-state index in [0.717, 1.165) is 5.56 Å². The van der Waals surface area contributed by atoms with Crippen LogP contribution in [0.3, 0.4) is 0 Å². The summed E-state index contributed by atoms with van der Waals surface area (Å²) < 4.78 is 4.89. The number of rotatable bonds is 5. The first-order valence-corrected chi connectivity index (χ1v) is 4.51. The molecule has 0 saturated heterocycles. The highest BCUT2D eigenvalue weighted by atomic mass is 16.5. The summed E-state index contributed by atoms with van der Waals surface area (Å²) in [5, 5.41) is 17.0.